The van der Waals surface area contributed by atoms with E-state index in [1.54, 1.807) is 0 Å². The second-order valence-corrected chi connectivity index (χ2v) is 18.4. The van der Waals surface area contributed by atoms with E-state index in [0.717, 1.165) is 0 Å². The van der Waals surface area contributed by atoms with Crippen molar-refractivity contribution in [1.29, 1.82) is 0 Å². The standard InChI is InChI=1S/2C29H31.2CH3.2ClH.Si.Zr/c2*1-2-29(16-7-3-4-8-17-29)21-22-18-25-12-9-13-27(28(25)19-22)26-15-14-23-10-5-6-11-24(23)20-26;;;;;;/h2*5-6,9-15,18-20H,2-4,7-8,16-17,21H2,1H3;2*1H3;2*1H;;/q4*-1;;;;. The van der Waals surface area contributed by atoms with Crippen LogP contribution >= 0.6 is 24.8 Å². The van der Waals surface area contributed by atoms with Gasteiger partial charge in [-0.05, 0) is 94.2 Å². The Morgan fingerprint density at radius 3 is 1.16 bits per heavy atom. The van der Waals surface area contributed by atoms with Crippen LogP contribution in [0.1, 0.15) is 115 Å². The van der Waals surface area contributed by atoms with Crippen LogP contribution in [0.2, 0.25) is 0 Å². The Balaban J connectivity index is 0.000000255. The maximum atomic E-state index is 3.06. The van der Waals surface area contributed by atoms with E-state index >= 15 is 0 Å². The predicted molar refractivity (Wildman–Crippen MR) is 286 cm³/mol. The molecule has 10 rings (SSSR count). The molecule has 0 nitrogen and oxygen atoms in total. The van der Waals surface area contributed by atoms with Crippen LogP contribution < -0.4 is 0 Å². The van der Waals surface area contributed by atoms with Crippen molar-refractivity contribution in [3.8, 4) is 22.3 Å². The van der Waals surface area contributed by atoms with Gasteiger partial charge in [-0.15, -0.1) is 93.9 Å². The van der Waals surface area contributed by atoms with E-state index in [9.17, 15) is 0 Å². The van der Waals surface area contributed by atoms with Crippen LogP contribution in [0.3, 0.4) is 0 Å². The van der Waals surface area contributed by atoms with Crippen molar-refractivity contribution in [2.45, 2.75) is 117 Å². The van der Waals surface area contributed by atoms with Crippen LogP contribution in [-0.2, 0) is 36.2 Å². The Hall–Kier alpha value is -3.26. The number of fused-ring (bicyclic) bond motifs is 4. The average Bonchev–Trinajstić information content (AvgIpc) is 3.73. The predicted octanol–water partition coefficient (Wildman–Crippen LogP) is 18.7. The SMILES string of the molecule is CCC1(Cc2cc3c(-c4ccc5ccccc5c4)cccc3[cH-]2)CCCCCC1.CCC1(Cc2cc3c(-c4ccc5ccccc5c4)cccc3[cH-]2)CCCCCC1.Cl.Cl.[CH3-].[CH3-].[Si]=[Zr]. The molecule has 64 heavy (non-hydrogen) atoms. The second kappa shape index (κ2) is 25.0. The summed E-state index contributed by atoms with van der Waals surface area (Å²) >= 11 is 1.36. The monoisotopic (exact) mass is 978 g/mol. The van der Waals surface area contributed by atoms with E-state index in [1.807, 2.05) is 0 Å². The minimum absolute atomic E-state index is 0. The Bertz CT molecular complexity index is 2470. The van der Waals surface area contributed by atoms with Gasteiger partial charge in [-0.3, -0.25) is 0 Å². The molecule has 0 atom stereocenters. The minimum atomic E-state index is 0. The van der Waals surface area contributed by atoms with Gasteiger partial charge in [0.05, 0.1) is 0 Å². The van der Waals surface area contributed by atoms with Crippen LogP contribution in [-0.4, -0.2) is 6.88 Å². The van der Waals surface area contributed by atoms with Crippen molar-refractivity contribution >= 4 is 74.8 Å². The third kappa shape index (κ3) is 12.2. The molecular weight excluding hydrogens is 911 g/mol. The maximum absolute atomic E-state index is 3.06. The summed E-state index contributed by atoms with van der Waals surface area (Å²) in [4.78, 5) is 0. The summed E-state index contributed by atoms with van der Waals surface area (Å²) in [6.07, 6.45) is 22.1. The van der Waals surface area contributed by atoms with Gasteiger partial charge in [0.15, 0.2) is 0 Å². The molecular formula is C60H70Cl2SiZr-4. The van der Waals surface area contributed by atoms with Gasteiger partial charge in [-0.1, -0.05) is 174 Å². The molecule has 8 aromatic rings. The van der Waals surface area contributed by atoms with Crippen molar-refractivity contribution in [3.05, 3.63) is 172 Å². The first kappa shape index (κ1) is 53.4. The van der Waals surface area contributed by atoms with Crippen LogP contribution in [0.4, 0.5) is 0 Å². The summed E-state index contributed by atoms with van der Waals surface area (Å²) in [6.45, 7) is 7.88. The van der Waals surface area contributed by atoms with Crippen LogP contribution in [0.25, 0.3) is 65.3 Å². The summed E-state index contributed by atoms with van der Waals surface area (Å²) in [5.74, 6) is 0. The fourth-order valence-electron chi connectivity index (χ4n) is 11.1. The normalized spacial score (nSPS) is 15.3. The first-order chi connectivity index (χ1) is 29.5. The molecule has 0 saturated heterocycles. The zero-order valence-electron chi connectivity index (χ0n) is 39.0. The van der Waals surface area contributed by atoms with Crippen molar-refractivity contribution in [2.75, 3.05) is 0 Å². The van der Waals surface area contributed by atoms with Crippen molar-refractivity contribution in [3.63, 3.8) is 0 Å². The first-order valence-electron chi connectivity index (χ1n) is 23.1. The fourth-order valence-corrected chi connectivity index (χ4v) is 11.1. The molecule has 8 aromatic carbocycles. The van der Waals surface area contributed by atoms with E-state index < -0.39 is 0 Å². The van der Waals surface area contributed by atoms with Gasteiger partial charge in [0.25, 0.3) is 0 Å². The summed E-state index contributed by atoms with van der Waals surface area (Å²) in [5.41, 5.74) is 9.50. The first-order valence-corrected chi connectivity index (χ1v) is 27.3. The van der Waals surface area contributed by atoms with Crippen LogP contribution in [0, 0.1) is 25.7 Å². The molecule has 0 unspecified atom stereocenters. The number of hydrogen-bond acceptors (Lipinski definition) is 0. The van der Waals surface area contributed by atoms with E-state index in [0.29, 0.717) is 10.8 Å². The van der Waals surface area contributed by atoms with Gasteiger partial charge in [0.1, 0.15) is 0 Å². The third-order valence-electron chi connectivity index (χ3n) is 14.7. The van der Waals surface area contributed by atoms with Gasteiger partial charge in [0, 0.05) is 0 Å². The molecule has 0 amide bonds. The molecule has 2 aliphatic carbocycles. The number of benzene rings is 6. The van der Waals surface area contributed by atoms with E-state index in [-0.39, 0.29) is 39.7 Å². The van der Waals surface area contributed by atoms with Crippen molar-refractivity contribution in [2.24, 2.45) is 10.8 Å². The van der Waals surface area contributed by atoms with Gasteiger partial charge in [-0.25, -0.2) is 0 Å². The molecule has 0 aromatic heterocycles. The van der Waals surface area contributed by atoms with Crippen LogP contribution in [0.5, 0.6) is 0 Å². The Kier molecular flexibility index (Phi) is 20.9. The zero-order chi connectivity index (χ0) is 41.4. The van der Waals surface area contributed by atoms with Gasteiger partial charge >= 0.3 is 30.2 Å². The molecule has 2 radical (unpaired) electrons. The average molecular weight is 981 g/mol. The Labute approximate surface area is 416 Å². The van der Waals surface area contributed by atoms with Crippen LogP contribution in [0.15, 0.2) is 146 Å². The summed E-state index contributed by atoms with van der Waals surface area (Å²) in [5, 5.41) is 10.9. The van der Waals surface area contributed by atoms with Gasteiger partial charge in [0.2, 0.25) is 0 Å². The third-order valence-corrected chi connectivity index (χ3v) is 14.7. The molecule has 0 spiro atoms. The van der Waals surface area contributed by atoms with Crippen molar-refractivity contribution < 1.29 is 23.3 Å². The molecule has 0 bridgehead atoms. The summed E-state index contributed by atoms with van der Waals surface area (Å²) < 4.78 is 0. The molecule has 336 valence electrons. The van der Waals surface area contributed by atoms with Gasteiger partial charge in [-0.2, -0.15) is 12.1 Å². The second-order valence-electron chi connectivity index (χ2n) is 18.4. The van der Waals surface area contributed by atoms with E-state index in [2.05, 4.69) is 166 Å². The molecule has 2 aliphatic rings. The fraction of sp³-hybridized carbons (Fsp3) is 0.333. The molecule has 2 fully saturated rings. The Morgan fingerprint density at radius 2 is 0.797 bits per heavy atom. The number of hydrogen-bond donors (Lipinski definition) is 0. The molecule has 4 heteroatoms. The molecule has 0 N–H and O–H groups in total. The number of rotatable bonds is 8. The van der Waals surface area contributed by atoms with Gasteiger partial charge < -0.3 is 14.9 Å². The number of halogens is 2. The molecule has 0 aliphatic heterocycles. The Morgan fingerprint density at radius 1 is 0.438 bits per heavy atom. The molecule has 0 heterocycles. The van der Waals surface area contributed by atoms with E-state index in [4.69, 9.17) is 0 Å². The van der Waals surface area contributed by atoms with E-state index in [1.165, 1.54) is 203 Å². The summed E-state index contributed by atoms with van der Waals surface area (Å²) in [7, 11) is 0. The zero-order valence-corrected chi connectivity index (χ0v) is 44.1. The topological polar surface area (TPSA) is 0 Å². The molecule has 2 saturated carbocycles. The summed E-state index contributed by atoms with van der Waals surface area (Å²) in [6, 6.07) is 54.5. The quantitative estimate of drug-likeness (QED) is 0.0809. The van der Waals surface area contributed by atoms with Crippen molar-refractivity contribution in [1.82, 2.24) is 0 Å².